The zero-order valence-electron chi connectivity index (χ0n) is 10.5. The average Bonchev–Trinajstić information content (AvgIpc) is 2.15. The van der Waals surface area contributed by atoms with E-state index in [0.29, 0.717) is 6.42 Å². The van der Waals surface area contributed by atoms with E-state index in [1.807, 2.05) is 13.8 Å². The Bertz CT molecular complexity index is 365. The largest absolute Gasteiger partial charge is 0.352 e. The zero-order chi connectivity index (χ0) is 13.1. The number of rotatable bonds is 4. The lowest BCUT2D eigenvalue weighted by atomic mass is 10.0. The summed E-state index contributed by atoms with van der Waals surface area (Å²) in [4.78, 5) is 11.7. The summed E-state index contributed by atoms with van der Waals surface area (Å²) in [6.45, 7) is 3.92. The fraction of sp³-hybridized carbons (Fsp3) is 0.909. The zero-order valence-corrected chi connectivity index (χ0v) is 11.3. The average molecular weight is 262 g/mol. The topological polar surface area (TPSA) is 89.3 Å². The van der Waals surface area contributed by atoms with Gasteiger partial charge in [0.25, 0.3) is 0 Å². The van der Waals surface area contributed by atoms with E-state index in [4.69, 9.17) is 5.73 Å². The Morgan fingerprint density at radius 2 is 2.12 bits per heavy atom. The molecular formula is C11H22N2O3S. The molecule has 0 bridgehead atoms. The van der Waals surface area contributed by atoms with E-state index < -0.39 is 9.84 Å². The molecule has 3 N–H and O–H groups in total. The van der Waals surface area contributed by atoms with Crippen LogP contribution in [0.3, 0.4) is 0 Å². The van der Waals surface area contributed by atoms with Gasteiger partial charge >= 0.3 is 0 Å². The van der Waals surface area contributed by atoms with Crippen LogP contribution < -0.4 is 11.1 Å². The molecule has 1 heterocycles. The minimum atomic E-state index is -2.97. The minimum Gasteiger partial charge on any atom is -0.352 e. The molecule has 0 spiro atoms. The number of nitrogens with two attached hydrogens (primary N) is 1. The fourth-order valence-electron chi connectivity index (χ4n) is 1.87. The Labute approximate surface area is 103 Å². The van der Waals surface area contributed by atoms with Crippen molar-refractivity contribution in [3.8, 4) is 0 Å². The molecule has 0 saturated carbocycles. The van der Waals surface area contributed by atoms with E-state index in [1.165, 1.54) is 0 Å². The van der Waals surface area contributed by atoms with Gasteiger partial charge in [-0.1, -0.05) is 13.8 Å². The van der Waals surface area contributed by atoms with Gasteiger partial charge in [0.2, 0.25) is 5.91 Å². The lowest BCUT2D eigenvalue weighted by molar-refractivity contribution is -0.122. The van der Waals surface area contributed by atoms with Crippen molar-refractivity contribution in [1.82, 2.24) is 5.32 Å². The quantitative estimate of drug-likeness (QED) is 0.749. The number of amides is 1. The van der Waals surface area contributed by atoms with Crippen LogP contribution in [0.2, 0.25) is 0 Å². The lowest BCUT2D eigenvalue weighted by Crippen LogP contribution is -2.45. The molecule has 2 atom stereocenters. The van der Waals surface area contributed by atoms with Gasteiger partial charge in [-0.3, -0.25) is 4.79 Å². The summed E-state index contributed by atoms with van der Waals surface area (Å²) in [6, 6.07) is -0.407. The Balaban J connectivity index is 2.41. The first-order valence-electron chi connectivity index (χ1n) is 6.05. The number of hydrogen-bond donors (Lipinski definition) is 2. The molecule has 17 heavy (non-hydrogen) atoms. The van der Waals surface area contributed by atoms with Crippen molar-refractivity contribution in [3.05, 3.63) is 0 Å². The Kier molecular flexibility index (Phi) is 4.94. The third-order valence-corrected chi connectivity index (χ3v) is 4.93. The first-order chi connectivity index (χ1) is 7.80. The first-order valence-corrected chi connectivity index (χ1v) is 7.87. The van der Waals surface area contributed by atoms with Gasteiger partial charge in [0.15, 0.2) is 9.84 Å². The van der Waals surface area contributed by atoms with Crippen molar-refractivity contribution in [3.63, 3.8) is 0 Å². The van der Waals surface area contributed by atoms with E-state index in [0.717, 1.165) is 6.42 Å². The van der Waals surface area contributed by atoms with Crippen LogP contribution in [0.25, 0.3) is 0 Å². The van der Waals surface area contributed by atoms with Gasteiger partial charge in [-0.25, -0.2) is 8.42 Å². The van der Waals surface area contributed by atoms with Crippen LogP contribution in [0.4, 0.5) is 0 Å². The highest BCUT2D eigenvalue weighted by atomic mass is 32.2. The highest BCUT2D eigenvalue weighted by Gasteiger charge is 2.26. The number of nitrogens with one attached hydrogen (secondary N) is 1. The third-order valence-electron chi connectivity index (χ3n) is 3.11. The molecule has 0 aromatic heterocycles. The Morgan fingerprint density at radius 1 is 1.47 bits per heavy atom. The molecule has 0 aromatic carbocycles. The third kappa shape index (κ3) is 5.04. The maximum atomic E-state index is 11.7. The van der Waals surface area contributed by atoms with Crippen molar-refractivity contribution in [2.45, 2.75) is 45.2 Å². The van der Waals surface area contributed by atoms with Crippen molar-refractivity contribution in [1.29, 1.82) is 0 Å². The van der Waals surface area contributed by atoms with Crippen molar-refractivity contribution >= 4 is 15.7 Å². The van der Waals surface area contributed by atoms with Crippen LogP contribution >= 0.6 is 0 Å². The van der Waals surface area contributed by atoms with Crippen LogP contribution in [0.15, 0.2) is 0 Å². The van der Waals surface area contributed by atoms with Crippen LogP contribution in [0.5, 0.6) is 0 Å². The van der Waals surface area contributed by atoms with Crippen molar-refractivity contribution in [2.24, 2.45) is 11.7 Å². The second kappa shape index (κ2) is 5.82. The number of carbonyl (C=O) groups is 1. The number of carbonyl (C=O) groups excluding carboxylic acids is 1. The van der Waals surface area contributed by atoms with Gasteiger partial charge in [0.1, 0.15) is 0 Å². The summed E-state index contributed by atoms with van der Waals surface area (Å²) in [5.41, 5.74) is 5.80. The summed E-state index contributed by atoms with van der Waals surface area (Å²) in [5, 5.41) is 2.76. The molecule has 1 rings (SSSR count). The molecule has 0 aromatic rings. The SMILES string of the molecule is CC(C)C(N)CC(=O)NC1CCCS(=O)(=O)C1. The Hall–Kier alpha value is -0.620. The normalized spacial score (nSPS) is 25.5. The van der Waals surface area contributed by atoms with Crippen LogP contribution in [-0.2, 0) is 14.6 Å². The maximum absolute atomic E-state index is 11.7. The molecule has 1 aliphatic heterocycles. The van der Waals surface area contributed by atoms with E-state index >= 15 is 0 Å². The van der Waals surface area contributed by atoms with Crippen LogP contribution in [0, 0.1) is 5.92 Å². The highest BCUT2D eigenvalue weighted by molar-refractivity contribution is 7.91. The number of hydrogen-bond acceptors (Lipinski definition) is 4. The van der Waals surface area contributed by atoms with Gasteiger partial charge in [-0.2, -0.15) is 0 Å². The van der Waals surface area contributed by atoms with E-state index in [2.05, 4.69) is 5.32 Å². The predicted octanol–water partition coefficient (Wildman–Crippen LogP) is 0.0532. The van der Waals surface area contributed by atoms with Gasteiger partial charge in [-0.05, 0) is 18.8 Å². The predicted molar refractivity (Wildman–Crippen MR) is 67.2 cm³/mol. The lowest BCUT2D eigenvalue weighted by Gasteiger charge is -2.24. The monoisotopic (exact) mass is 262 g/mol. The van der Waals surface area contributed by atoms with Crippen molar-refractivity contribution < 1.29 is 13.2 Å². The van der Waals surface area contributed by atoms with Gasteiger partial charge in [-0.15, -0.1) is 0 Å². The fourth-order valence-corrected chi connectivity index (χ4v) is 3.51. The number of sulfone groups is 1. The molecule has 6 heteroatoms. The summed E-state index contributed by atoms with van der Waals surface area (Å²) in [6.07, 6.45) is 1.62. The molecule has 1 fully saturated rings. The van der Waals surface area contributed by atoms with E-state index in [1.54, 1.807) is 0 Å². The first kappa shape index (κ1) is 14.4. The molecule has 5 nitrogen and oxygen atoms in total. The summed E-state index contributed by atoms with van der Waals surface area (Å²) in [7, 11) is -2.97. The second-order valence-electron chi connectivity index (χ2n) is 5.13. The Morgan fingerprint density at radius 3 is 2.65 bits per heavy atom. The molecule has 2 unspecified atom stereocenters. The van der Waals surface area contributed by atoms with E-state index in [-0.39, 0.29) is 41.8 Å². The van der Waals surface area contributed by atoms with E-state index in [9.17, 15) is 13.2 Å². The van der Waals surface area contributed by atoms with Crippen molar-refractivity contribution in [2.75, 3.05) is 11.5 Å². The second-order valence-corrected chi connectivity index (χ2v) is 7.36. The molecule has 0 radical (unpaired) electrons. The standard InChI is InChI=1S/C11H22N2O3S/c1-8(2)10(12)6-11(14)13-9-4-3-5-17(15,16)7-9/h8-10H,3-7,12H2,1-2H3,(H,13,14). The van der Waals surface area contributed by atoms with Crippen LogP contribution in [0.1, 0.15) is 33.1 Å². The molecule has 1 saturated heterocycles. The molecule has 1 amide bonds. The van der Waals surface area contributed by atoms with Crippen LogP contribution in [-0.4, -0.2) is 37.9 Å². The summed E-state index contributed by atoms with van der Waals surface area (Å²) < 4.78 is 22.8. The maximum Gasteiger partial charge on any atom is 0.221 e. The molecule has 100 valence electrons. The van der Waals surface area contributed by atoms with Gasteiger partial charge in [0, 0.05) is 18.5 Å². The molecule has 0 aliphatic carbocycles. The summed E-state index contributed by atoms with van der Waals surface area (Å²) in [5.74, 6) is 0.407. The molecule has 1 aliphatic rings. The molecular weight excluding hydrogens is 240 g/mol. The minimum absolute atomic E-state index is 0.0651. The summed E-state index contributed by atoms with van der Waals surface area (Å²) >= 11 is 0. The smallest absolute Gasteiger partial charge is 0.221 e. The van der Waals surface area contributed by atoms with Gasteiger partial charge < -0.3 is 11.1 Å². The highest BCUT2D eigenvalue weighted by Crippen LogP contribution is 2.12. The van der Waals surface area contributed by atoms with Gasteiger partial charge in [0.05, 0.1) is 11.5 Å².